The number of ether oxygens (including phenoxy) is 1. The van der Waals surface area contributed by atoms with E-state index < -0.39 is 0 Å². The Bertz CT molecular complexity index is 824. The third-order valence-corrected chi connectivity index (χ3v) is 4.31. The molecular formula is C18H17Cl2N3O2. The van der Waals surface area contributed by atoms with Crippen LogP contribution in [0.25, 0.3) is 0 Å². The summed E-state index contributed by atoms with van der Waals surface area (Å²) in [6, 6.07) is 11.9. The van der Waals surface area contributed by atoms with Gasteiger partial charge >= 0.3 is 6.03 Å². The molecule has 2 amide bonds. The lowest BCUT2D eigenvalue weighted by Crippen LogP contribution is -2.39. The molecule has 0 atom stereocenters. The number of carbonyl (C=O) groups is 1. The van der Waals surface area contributed by atoms with Gasteiger partial charge in [-0.05, 0) is 42.8 Å². The van der Waals surface area contributed by atoms with E-state index in [1.54, 1.807) is 54.5 Å². The number of methoxy groups -OCH3 is 1. The van der Waals surface area contributed by atoms with Gasteiger partial charge in [0.15, 0.2) is 0 Å². The lowest BCUT2D eigenvalue weighted by Gasteiger charge is -2.23. The largest absolute Gasteiger partial charge is 0.495 e. The van der Waals surface area contributed by atoms with Gasteiger partial charge in [0.25, 0.3) is 0 Å². The minimum absolute atomic E-state index is 0.316. The van der Waals surface area contributed by atoms with E-state index in [1.807, 2.05) is 0 Å². The molecule has 130 valence electrons. The van der Waals surface area contributed by atoms with Crippen molar-refractivity contribution < 1.29 is 9.53 Å². The van der Waals surface area contributed by atoms with E-state index in [2.05, 4.69) is 10.3 Å². The standard InChI is InChI=1S/C18H17Cl2N3O2/c1-25-16-8-7-14(11-15(16)20)23(17-6-3-9-21-17)18(24)22-13-5-2-4-12(19)10-13/h2,4-5,7-8,10-11H,3,6,9H2,1H3,(H,22,24). The molecule has 3 rings (SSSR count). The molecule has 7 heteroatoms. The monoisotopic (exact) mass is 377 g/mol. The molecule has 0 fully saturated rings. The molecule has 0 radical (unpaired) electrons. The van der Waals surface area contributed by atoms with Crippen LogP contribution in [0.3, 0.4) is 0 Å². The molecule has 2 aromatic rings. The topological polar surface area (TPSA) is 53.9 Å². The molecule has 5 nitrogen and oxygen atoms in total. The van der Waals surface area contributed by atoms with Crippen LogP contribution in [-0.2, 0) is 0 Å². The summed E-state index contributed by atoms with van der Waals surface area (Å²) in [4.78, 5) is 18.9. The van der Waals surface area contributed by atoms with Crippen molar-refractivity contribution in [1.82, 2.24) is 0 Å². The molecule has 1 aliphatic heterocycles. The van der Waals surface area contributed by atoms with E-state index in [1.165, 1.54) is 0 Å². The Kier molecular flexibility index (Phi) is 5.46. The maximum atomic E-state index is 12.9. The second-order valence-corrected chi connectivity index (χ2v) is 6.34. The Hall–Kier alpha value is -2.24. The van der Waals surface area contributed by atoms with Gasteiger partial charge in [0.05, 0.1) is 17.8 Å². The SMILES string of the molecule is COc1ccc(N(C(=O)Nc2cccc(Cl)c2)C2=NCCC2)cc1Cl. The number of benzene rings is 2. The zero-order valence-electron chi connectivity index (χ0n) is 13.6. The minimum atomic E-state index is -0.316. The number of rotatable bonds is 3. The fraction of sp³-hybridized carbons (Fsp3) is 0.222. The first-order valence-electron chi connectivity index (χ1n) is 7.82. The Morgan fingerprint density at radius 1 is 1.24 bits per heavy atom. The van der Waals surface area contributed by atoms with Crippen molar-refractivity contribution in [2.45, 2.75) is 12.8 Å². The summed E-state index contributed by atoms with van der Waals surface area (Å²) in [5.41, 5.74) is 1.24. The molecule has 0 aromatic heterocycles. The van der Waals surface area contributed by atoms with E-state index >= 15 is 0 Å². The van der Waals surface area contributed by atoms with Crippen molar-refractivity contribution in [3.63, 3.8) is 0 Å². The number of halogens is 2. The predicted molar refractivity (Wildman–Crippen MR) is 102 cm³/mol. The number of hydrogen-bond acceptors (Lipinski definition) is 3. The van der Waals surface area contributed by atoms with Gasteiger partial charge in [0.2, 0.25) is 0 Å². The summed E-state index contributed by atoms with van der Waals surface area (Å²) in [7, 11) is 1.55. The molecule has 0 aliphatic carbocycles. The van der Waals surface area contributed by atoms with E-state index in [0.717, 1.165) is 12.8 Å². The summed E-state index contributed by atoms with van der Waals surface area (Å²) < 4.78 is 5.18. The van der Waals surface area contributed by atoms with E-state index in [0.29, 0.717) is 39.5 Å². The first-order chi connectivity index (χ1) is 12.1. The maximum Gasteiger partial charge on any atom is 0.331 e. The normalized spacial score (nSPS) is 13.3. The second-order valence-electron chi connectivity index (χ2n) is 5.50. The van der Waals surface area contributed by atoms with Crippen molar-refractivity contribution in [2.24, 2.45) is 4.99 Å². The summed E-state index contributed by atoms with van der Waals surface area (Å²) in [6.45, 7) is 0.708. The van der Waals surface area contributed by atoms with E-state index in [4.69, 9.17) is 27.9 Å². The van der Waals surface area contributed by atoms with Crippen molar-refractivity contribution in [1.29, 1.82) is 0 Å². The fourth-order valence-electron chi connectivity index (χ4n) is 2.63. The third-order valence-electron chi connectivity index (χ3n) is 3.78. The molecular weight excluding hydrogens is 361 g/mol. The quantitative estimate of drug-likeness (QED) is 0.795. The van der Waals surface area contributed by atoms with E-state index in [9.17, 15) is 4.79 Å². The van der Waals surface area contributed by atoms with Gasteiger partial charge in [-0.25, -0.2) is 4.79 Å². The molecule has 1 N–H and O–H groups in total. The molecule has 0 saturated carbocycles. The highest BCUT2D eigenvalue weighted by Gasteiger charge is 2.24. The van der Waals surface area contributed by atoms with Crippen LogP contribution in [0.5, 0.6) is 5.75 Å². The van der Waals surface area contributed by atoms with Crippen molar-refractivity contribution in [3.8, 4) is 5.75 Å². The number of amides is 2. The summed E-state index contributed by atoms with van der Waals surface area (Å²) in [5, 5.41) is 3.83. The summed E-state index contributed by atoms with van der Waals surface area (Å²) in [5.74, 6) is 1.26. The number of anilines is 2. The van der Waals surface area contributed by atoms with Crippen molar-refractivity contribution in [2.75, 3.05) is 23.9 Å². The molecule has 0 saturated heterocycles. The van der Waals surface area contributed by atoms with Gasteiger partial charge in [-0.15, -0.1) is 0 Å². The number of amidine groups is 1. The van der Waals surface area contributed by atoms with Gasteiger partial charge < -0.3 is 10.1 Å². The fourth-order valence-corrected chi connectivity index (χ4v) is 3.07. The smallest absolute Gasteiger partial charge is 0.331 e. The van der Waals surface area contributed by atoms with Gasteiger partial charge in [-0.2, -0.15) is 0 Å². The molecule has 25 heavy (non-hydrogen) atoms. The third kappa shape index (κ3) is 4.06. The summed E-state index contributed by atoms with van der Waals surface area (Å²) in [6.07, 6.45) is 1.65. The van der Waals surface area contributed by atoms with Crippen LogP contribution in [0.15, 0.2) is 47.5 Å². The number of urea groups is 1. The Labute approximate surface area is 156 Å². The van der Waals surface area contributed by atoms with Crippen LogP contribution in [0, 0.1) is 0 Å². The maximum absolute atomic E-state index is 12.9. The zero-order valence-corrected chi connectivity index (χ0v) is 15.1. The van der Waals surface area contributed by atoms with Crippen LogP contribution in [0.1, 0.15) is 12.8 Å². The van der Waals surface area contributed by atoms with Gasteiger partial charge in [0.1, 0.15) is 11.6 Å². The molecule has 0 bridgehead atoms. The molecule has 0 unspecified atom stereocenters. The number of aliphatic imine (C=N–C) groups is 1. The highest BCUT2D eigenvalue weighted by Crippen LogP contribution is 2.31. The number of nitrogens with one attached hydrogen (secondary N) is 1. The van der Waals surface area contributed by atoms with Crippen LogP contribution in [0.4, 0.5) is 16.2 Å². The molecule has 1 heterocycles. The molecule has 0 spiro atoms. The first kappa shape index (κ1) is 17.6. The van der Waals surface area contributed by atoms with E-state index in [-0.39, 0.29) is 6.03 Å². The van der Waals surface area contributed by atoms with Crippen LogP contribution in [0.2, 0.25) is 10.0 Å². The first-order valence-corrected chi connectivity index (χ1v) is 8.57. The average molecular weight is 378 g/mol. The van der Waals surface area contributed by atoms with Gasteiger partial charge in [-0.3, -0.25) is 9.89 Å². The number of carbonyl (C=O) groups excluding carboxylic acids is 1. The number of hydrogen-bond donors (Lipinski definition) is 1. The highest BCUT2D eigenvalue weighted by atomic mass is 35.5. The van der Waals surface area contributed by atoms with Gasteiger partial charge in [0, 0.05) is 23.7 Å². The van der Waals surface area contributed by atoms with Crippen LogP contribution in [-0.4, -0.2) is 25.5 Å². The van der Waals surface area contributed by atoms with Crippen LogP contribution < -0.4 is 15.0 Å². The van der Waals surface area contributed by atoms with Crippen molar-refractivity contribution in [3.05, 3.63) is 52.5 Å². The average Bonchev–Trinajstić information content (AvgIpc) is 3.09. The Morgan fingerprint density at radius 2 is 2.08 bits per heavy atom. The summed E-state index contributed by atoms with van der Waals surface area (Å²) >= 11 is 12.2. The minimum Gasteiger partial charge on any atom is -0.495 e. The highest BCUT2D eigenvalue weighted by molar-refractivity contribution is 6.33. The lowest BCUT2D eigenvalue weighted by molar-refractivity contribution is 0.259. The predicted octanol–water partition coefficient (Wildman–Crippen LogP) is 5.23. The molecule has 1 aliphatic rings. The lowest BCUT2D eigenvalue weighted by atomic mass is 10.2. The molecule has 2 aromatic carbocycles. The van der Waals surface area contributed by atoms with Crippen LogP contribution >= 0.6 is 23.2 Å². The Balaban J connectivity index is 1.92. The Morgan fingerprint density at radius 3 is 2.72 bits per heavy atom. The zero-order chi connectivity index (χ0) is 17.8. The van der Waals surface area contributed by atoms with Crippen molar-refractivity contribution >= 4 is 46.4 Å². The number of nitrogens with zero attached hydrogens (tertiary/aromatic N) is 2. The van der Waals surface area contributed by atoms with Gasteiger partial charge in [-0.1, -0.05) is 29.3 Å². The second kappa shape index (κ2) is 7.76.